The normalized spacial score (nSPS) is 12.5. The van der Waals surface area contributed by atoms with Crippen LogP contribution in [0.15, 0.2) is 53.8 Å². The number of aryl methyl sites for hydroxylation is 1. The summed E-state index contributed by atoms with van der Waals surface area (Å²) in [5, 5.41) is 6.65. The molecule has 2 rings (SSSR count). The second-order valence-electron chi connectivity index (χ2n) is 5.50. The number of aromatic nitrogens is 1. The van der Waals surface area contributed by atoms with Crippen LogP contribution in [0.1, 0.15) is 31.0 Å². The average Bonchev–Trinajstić information content (AvgIpc) is 2.65. The standard InChI is InChI=1S/C19H26N4O/c1-4-16-7-9-17(10-8-16)15(2)23-19(20-3)22-12-13-24-18-6-5-11-21-14-18/h5-11,14-15H,4,12-13H2,1-3H3,(H2,20,22,23). The molecule has 1 heterocycles. The zero-order valence-electron chi connectivity index (χ0n) is 14.6. The van der Waals surface area contributed by atoms with Gasteiger partial charge in [-0.1, -0.05) is 31.2 Å². The Bertz CT molecular complexity index is 626. The summed E-state index contributed by atoms with van der Waals surface area (Å²) < 4.78 is 5.61. The summed E-state index contributed by atoms with van der Waals surface area (Å²) in [7, 11) is 1.77. The van der Waals surface area contributed by atoms with Gasteiger partial charge in [0, 0.05) is 13.2 Å². The molecule has 0 radical (unpaired) electrons. The van der Waals surface area contributed by atoms with Crippen molar-refractivity contribution in [1.82, 2.24) is 15.6 Å². The molecule has 0 aliphatic carbocycles. The van der Waals surface area contributed by atoms with E-state index < -0.39 is 0 Å². The molecule has 24 heavy (non-hydrogen) atoms. The Balaban J connectivity index is 1.76. The van der Waals surface area contributed by atoms with Gasteiger partial charge in [-0.15, -0.1) is 0 Å². The highest BCUT2D eigenvalue weighted by molar-refractivity contribution is 5.80. The summed E-state index contributed by atoms with van der Waals surface area (Å²) in [4.78, 5) is 8.28. The molecule has 0 aliphatic rings. The van der Waals surface area contributed by atoms with Crippen LogP contribution < -0.4 is 15.4 Å². The number of ether oxygens (including phenoxy) is 1. The minimum Gasteiger partial charge on any atom is -0.490 e. The van der Waals surface area contributed by atoms with E-state index >= 15 is 0 Å². The van der Waals surface area contributed by atoms with Gasteiger partial charge >= 0.3 is 0 Å². The topological polar surface area (TPSA) is 58.5 Å². The molecule has 1 aromatic heterocycles. The van der Waals surface area contributed by atoms with Gasteiger partial charge in [0.25, 0.3) is 0 Å². The van der Waals surface area contributed by atoms with Crippen LogP contribution in [0.25, 0.3) is 0 Å². The van der Waals surface area contributed by atoms with Crippen LogP contribution in [-0.4, -0.2) is 31.1 Å². The third-order valence-corrected chi connectivity index (χ3v) is 3.76. The molecule has 1 unspecified atom stereocenters. The lowest BCUT2D eigenvalue weighted by Crippen LogP contribution is -2.40. The second kappa shape index (κ2) is 9.55. The summed E-state index contributed by atoms with van der Waals surface area (Å²) >= 11 is 0. The lowest BCUT2D eigenvalue weighted by molar-refractivity contribution is 0.320. The first-order chi connectivity index (χ1) is 11.7. The predicted molar refractivity (Wildman–Crippen MR) is 98.5 cm³/mol. The quantitative estimate of drug-likeness (QED) is 0.467. The Morgan fingerprint density at radius 1 is 1.25 bits per heavy atom. The minimum absolute atomic E-state index is 0.182. The van der Waals surface area contributed by atoms with Crippen LogP contribution in [0.3, 0.4) is 0 Å². The molecule has 0 fully saturated rings. The van der Waals surface area contributed by atoms with Crippen LogP contribution in [0.2, 0.25) is 0 Å². The van der Waals surface area contributed by atoms with Crippen molar-refractivity contribution in [2.75, 3.05) is 20.2 Å². The van der Waals surface area contributed by atoms with Gasteiger partial charge in [0.15, 0.2) is 5.96 Å². The Hall–Kier alpha value is -2.56. The highest BCUT2D eigenvalue weighted by atomic mass is 16.5. The number of hydrogen-bond donors (Lipinski definition) is 2. The van der Waals surface area contributed by atoms with Crippen LogP contribution in [0.5, 0.6) is 5.75 Å². The molecule has 0 spiro atoms. The van der Waals surface area contributed by atoms with E-state index in [1.165, 1.54) is 11.1 Å². The van der Waals surface area contributed by atoms with Crippen LogP contribution in [0, 0.1) is 0 Å². The van der Waals surface area contributed by atoms with Gasteiger partial charge in [0.2, 0.25) is 0 Å². The Kier molecular flexibility index (Phi) is 7.08. The summed E-state index contributed by atoms with van der Waals surface area (Å²) in [6, 6.07) is 12.6. The minimum atomic E-state index is 0.182. The number of nitrogens with zero attached hydrogens (tertiary/aromatic N) is 2. The summed E-state index contributed by atoms with van der Waals surface area (Å²) in [5.74, 6) is 1.53. The highest BCUT2D eigenvalue weighted by Gasteiger charge is 2.07. The SMILES string of the molecule is CCc1ccc(C(C)NC(=NC)NCCOc2cccnc2)cc1. The van der Waals surface area contributed by atoms with Crippen molar-refractivity contribution >= 4 is 5.96 Å². The van der Waals surface area contributed by atoms with E-state index in [4.69, 9.17) is 4.74 Å². The number of rotatable bonds is 7. The fraction of sp³-hybridized carbons (Fsp3) is 0.368. The van der Waals surface area contributed by atoms with Crippen LogP contribution in [-0.2, 0) is 6.42 Å². The first-order valence-electron chi connectivity index (χ1n) is 8.31. The molecule has 5 nitrogen and oxygen atoms in total. The van der Waals surface area contributed by atoms with E-state index in [1.807, 2.05) is 12.1 Å². The molecular weight excluding hydrogens is 300 g/mol. The van der Waals surface area contributed by atoms with Crippen molar-refractivity contribution < 1.29 is 4.74 Å². The second-order valence-corrected chi connectivity index (χ2v) is 5.50. The molecule has 0 saturated carbocycles. The van der Waals surface area contributed by atoms with Gasteiger partial charge in [0.1, 0.15) is 12.4 Å². The Morgan fingerprint density at radius 2 is 2.04 bits per heavy atom. The van der Waals surface area contributed by atoms with Crippen molar-refractivity contribution in [3.05, 3.63) is 59.9 Å². The molecule has 1 atom stereocenters. The third-order valence-electron chi connectivity index (χ3n) is 3.76. The molecule has 128 valence electrons. The van der Waals surface area contributed by atoms with E-state index in [2.05, 4.69) is 58.7 Å². The molecule has 0 aliphatic heterocycles. The number of pyridine rings is 1. The van der Waals surface area contributed by atoms with Crippen molar-refractivity contribution in [1.29, 1.82) is 0 Å². The zero-order valence-corrected chi connectivity index (χ0v) is 14.6. The van der Waals surface area contributed by atoms with E-state index in [0.29, 0.717) is 13.2 Å². The molecule has 1 aromatic carbocycles. The van der Waals surface area contributed by atoms with E-state index in [1.54, 1.807) is 19.4 Å². The maximum Gasteiger partial charge on any atom is 0.191 e. The fourth-order valence-corrected chi connectivity index (χ4v) is 2.30. The molecule has 2 aromatic rings. The van der Waals surface area contributed by atoms with Crippen LogP contribution >= 0.6 is 0 Å². The molecule has 0 amide bonds. The number of guanidine groups is 1. The average molecular weight is 326 g/mol. The first-order valence-corrected chi connectivity index (χ1v) is 8.31. The van der Waals surface area contributed by atoms with Gasteiger partial charge in [0.05, 0.1) is 18.8 Å². The summed E-state index contributed by atoms with van der Waals surface area (Å²) in [6.45, 7) is 5.50. The van der Waals surface area contributed by atoms with Gasteiger partial charge in [-0.3, -0.25) is 9.98 Å². The zero-order chi connectivity index (χ0) is 17.2. The largest absolute Gasteiger partial charge is 0.490 e. The maximum atomic E-state index is 5.61. The maximum absolute atomic E-state index is 5.61. The smallest absolute Gasteiger partial charge is 0.191 e. The van der Waals surface area contributed by atoms with E-state index in [9.17, 15) is 0 Å². The van der Waals surface area contributed by atoms with Gasteiger partial charge < -0.3 is 15.4 Å². The summed E-state index contributed by atoms with van der Waals surface area (Å²) in [6.07, 6.45) is 4.49. The lowest BCUT2D eigenvalue weighted by atomic mass is 10.1. The number of benzene rings is 1. The number of nitrogens with one attached hydrogen (secondary N) is 2. The molecule has 0 bridgehead atoms. The molecule has 0 saturated heterocycles. The Labute approximate surface area is 144 Å². The van der Waals surface area contributed by atoms with Gasteiger partial charge in [-0.25, -0.2) is 0 Å². The van der Waals surface area contributed by atoms with Crippen molar-refractivity contribution in [3.63, 3.8) is 0 Å². The monoisotopic (exact) mass is 326 g/mol. The van der Waals surface area contributed by atoms with E-state index in [0.717, 1.165) is 18.1 Å². The number of hydrogen-bond acceptors (Lipinski definition) is 3. The lowest BCUT2D eigenvalue weighted by Gasteiger charge is -2.18. The highest BCUT2D eigenvalue weighted by Crippen LogP contribution is 2.13. The first kappa shape index (κ1) is 17.8. The molecule has 2 N–H and O–H groups in total. The fourth-order valence-electron chi connectivity index (χ4n) is 2.30. The van der Waals surface area contributed by atoms with Crippen molar-refractivity contribution in [2.45, 2.75) is 26.3 Å². The van der Waals surface area contributed by atoms with Crippen molar-refractivity contribution in [3.8, 4) is 5.75 Å². The van der Waals surface area contributed by atoms with E-state index in [-0.39, 0.29) is 6.04 Å². The van der Waals surface area contributed by atoms with Gasteiger partial charge in [-0.2, -0.15) is 0 Å². The third kappa shape index (κ3) is 5.57. The summed E-state index contributed by atoms with van der Waals surface area (Å²) in [5.41, 5.74) is 2.59. The van der Waals surface area contributed by atoms with Gasteiger partial charge in [-0.05, 0) is 36.6 Å². The van der Waals surface area contributed by atoms with Crippen LogP contribution in [0.4, 0.5) is 0 Å². The number of aliphatic imine (C=N–C) groups is 1. The van der Waals surface area contributed by atoms with Crippen molar-refractivity contribution in [2.24, 2.45) is 4.99 Å². The Morgan fingerprint density at radius 3 is 2.67 bits per heavy atom. The molecular formula is C19H26N4O. The predicted octanol–water partition coefficient (Wildman–Crippen LogP) is 2.95. The molecule has 5 heteroatoms.